The number of piperidine rings is 1. The topological polar surface area (TPSA) is 104 Å². The Labute approximate surface area is 232 Å². The molecule has 1 aliphatic rings. The molecule has 0 spiro atoms. The number of hydrogen-bond acceptors (Lipinski definition) is 8. The van der Waals surface area contributed by atoms with Gasteiger partial charge in [0.2, 0.25) is 5.91 Å². The van der Waals surface area contributed by atoms with Crippen LogP contribution in [0.25, 0.3) is 10.9 Å². The molecule has 1 aliphatic heterocycles. The van der Waals surface area contributed by atoms with Gasteiger partial charge >= 0.3 is 0 Å². The fourth-order valence-corrected chi connectivity index (χ4v) is 6.26. The van der Waals surface area contributed by atoms with Gasteiger partial charge in [0.1, 0.15) is 11.5 Å². The molecule has 1 fully saturated rings. The summed E-state index contributed by atoms with van der Waals surface area (Å²) in [6.45, 7) is 2.38. The largest absolute Gasteiger partial charge is 0.497 e. The highest BCUT2D eigenvalue weighted by atomic mass is 35.5. The van der Waals surface area contributed by atoms with Crippen molar-refractivity contribution in [3.05, 3.63) is 59.2 Å². The number of nitrogens with zero attached hydrogens (tertiary/aromatic N) is 2. The van der Waals surface area contributed by atoms with E-state index in [9.17, 15) is 15.1 Å². The van der Waals surface area contributed by atoms with Gasteiger partial charge in [-0.3, -0.25) is 15.0 Å². The first-order valence-electron chi connectivity index (χ1n) is 12.6. The lowest BCUT2D eigenvalue weighted by atomic mass is 9.73. The van der Waals surface area contributed by atoms with Crippen molar-refractivity contribution in [1.29, 1.82) is 0 Å². The molecule has 2 heterocycles. The third-order valence-electron chi connectivity index (χ3n) is 7.43. The number of aliphatic hydroxyl groups is 1. The van der Waals surface area contributed by atoms with E-state index in [2.05, 4.69) is 22.0 Å². The molecular formula is C28H34ClN3O5S. The van der Waals surface area contributed by atoms with Crippen molar-refractivity contribution in [2.75, 3.05) is 39.6 Å². The highest BCUT2D eigenvalue weighted by Crippen LogP contribution is 2.41. The molecule has 3 N–H and O–H groups in total. The molecule has 1 atom stereocenters. The van der Waals surface area contributed by atoms with Crippen LogP contribution in [0.3, 0.4) is 0 Å². The van der Waals surface area contributed by atoms with Crippen molar-refractivity contribution < 1.29 is 24.6 Å². The zero-order valence-electron chi connectivity index (χ0n) is 21.7. The number of pyridine rings is 1. The van der Waals surface area contributed by atoms with Crippen LogP contribution in [-0.2, 0) is 4.79 Å². The molecule has 0 radical (unpaired) electrons. The van der Waals surface area contributed by atoms with Crippen LogP contribution in [0.5, 0.6) is 11.5 Å². The van der Waals surface area contributed by atoms with Gasteiger partial charge in [0.05, 0.1) is 36.3 Å². The molecule has 0 aliphatic carbocycles. The van der Waals surface area contributed by atoms with Gasteiger partial charge in [-0.2, -0.15) is 0 Å². The van der Waals surface area contributed by atoms with E-state index in [1.165, 1.54) is 11.1 Å². The number of carbonyl (C=O) groups is 1. The number of fused-ring (bicyclic) bond motifs is 1. The minimum atomic E-state index is -0.901. The molecule has 38 heavy (non-hydrogen) atoms. The predicted octanol–water partition coefficient (Wildman–Crippen LogP) is 5.10. The van der Waals surface area contributed by atoms with E-state index in [1.54, 1.807) is 26.0 Å². The zero-order valence-corrected chi connectivity index (χ0v) is 23.2. The number of thioether (sulfide) groups is 1. The van der Waals surface area contributed by atoms with Crippen LogP contribution in [-0.4, -0.2) is 65.7 Å². The highest BCUT2D eigenvalue weighted by Gasteiger charge is 2.41. The summed E-state index contributed by atoms with van der Waals surface area (Å²) in [5.74, 6) is 2.02. The van der Waals surface area contributed by atoms with Crippen LogP contribution in [0.2, 0.25) is 5.02 Å². The van der Waals surface area contributed by atoms with Gasteiger partial charge in [-0.25, -0.2) is 5.48 Å². The molecule has 0 saturated carbocycles. The number of aliphatic hydroxyl groups excluding tert-OH is 1. The van der Waals surface area contributed by atoms with E-state index in [-0.39, 0.29) is 0 Å². The number of rotatable bonds is 11. The number of benzene rings is 2. The number of halogens is 1. The molecule has 4 rings (SSSR count). The van der Waals surface area contributed by atoms with Gasteiger partial charge in [0.25, 0.3) is 0 Å². The fourth-order valence-electron chi connectivity index (χ4n) is 5.07. The lowest BCUT2D eigenvalue weighted by Gasteiger charge is -2.40. The Balaban J connectivity index is 1.37. The maximum absolute atomic E-state index is 12.8. The summed E-state index contributed by atoms with van der Waals surface area (Å²) < 4.78 is 10.6. The SMILES string of the molecule is COc1ccc(SCCN2CCC(CCC(O)c3c(Cl)cnc4ccc(OC)cc34)(C(=O)NO)CC2)cc1. The van der Waals surface area contributed by atoms with Crippen LogP contribution in [0, 0.1) is 5.41 Å². The molecule has 0 bridgehead atoms. The lowest BCUT2D eigenvalue weighted by Crippen LogP contribution is -2.48. The first-order chi connectivity index (χ1) is 18.4. The van der Waals surface area contributed by atoms with E-state index in [0.29, 0.717) is 52.9 Å². The van der Waals surface area contributed by atoms with E-state index < -0.39 is 17.4 Å². The predicted molar refractivity (Wildman–Crippen MR) is 149 cm³/mol. The van der Waals surface area contributed by atoms with E-state index >= 15 is 0 Å². The molecule has 8 nitrogen and oxygen atoms in total. The second-order valence-electron chi connectivity index (χ2n) is 9.54. The summed E-state index contributed by atoms with van der Waals surface area (Å²) in [6, 6.07) is 13.5. The number of amides is 1. The number of aromatic nitrogens is 1. The first kappa shape index (κ1) is 28.4. The van der Waals surface area contributed by atoms with E-state index in [4.69, 9.17) is 21.1 Å². The van der Waals surface area contributed by atoms with Crippen LogP contribution >= 0.6 is 23.4 Å². The summed E-state index contributed by atoms with van der Waals surface area (Å²) in [4.78, 5) is 20.7. The van der Waals surface area contributed by atoms with Gasteiger partial charge in [0, 0.05) is 34.3 Å². The van der Waals surface area contributed by atoms with Gasteiger partial charge in [-0.15, -0.1) is 11.8 Å². The highest BCUT2D eigenvalue weighted by molar-refractivity contribution is 7.99. The smallest absolute Gasteiger partial charge is 0.249 e. The zero-order chi connectivity index (χ0) is 27.1. The van der Waals surface area contributed by atoms with Gasteiger partial charge in [-0.05, 0) is 81.2 Å². The molecule has 1 amide bonds. The van der Waals surface area contributed by atoms with Crippen LogP contribution in [0.4, 0.5) is 0 Å². The monoisotopic (exact) mass is 559 g/mol. The Kier molecular flexibility index (Phi) is 9.73. The molecule has 10 heteroatoms. The normalized spacial score (nSPS) is 16.2. The van der Waals surface area contributed by atoms with Gasteiger partial charge in [0.15, 0.2) is 0 Å². The number of methoxy groups -OCH3 is 2. The quantitative estimate of drug-likeness (QED) is 0.169. The Morgan fingerprint density at radius 1 is 1.16 bits per heavy atom. The molecule has 204 valence electrons. The van der Waals surface area contributed by atoms with E-state index in [1.807, 2.05) is 35.8 Å². The summed E-state index contributed by atoms with van der Waals surface area (Å²) in [6.07, 6.45) is 2.56. The van der Waals surface area contributed by atoms with Crippen molar-refractivity contribution in [1.82, 2.24) is 15.4 Å². The number of hydroxylamine groups is 1. The Morgan fingerprint density at radius 2 is 1.84 bits per heavy atom. The van der Waals surface area contributed by atoms with Crippen LogP contribution < -0.4 is 15.0 Å². The maximum Gasteiger partial charge on any atom is 0.249 e. The van der Waals surface area contributed by atoms with Crippen LogP contribution in [0.15, 0.2) is 53.6 Å². The minimum absolute atomic E-state index is 0.316. The molecular weight excluding hydrogens is 526 g/mol. The standard InChI is InChI=1S/C28H34ClN3O5S/c1-36-19-3-6-21(7-4-19)38-16-15-32-13-11-28(12-14-32,27(34)31-35)10-9-25(33)26-22-17-20(37-2)5-8-24(22)30-18-23(26)29/h3-8,17-18,25,33,35H,9-16H2,1-2H3,(H,31,34). The second kappa shape index (κ2) is 13.0. The summed E-state index contributed by atoms with van der Waals surface area (Å²) >= 11 is 8.25. The number of nitrogens with one attached hydrogen (secondary N) is 1. The molecule has 1 unspecified atom stereocenters. The second-order valence-corrected chi connectivity index (χ2v) is 11.1. The number of ether oxygens (including phenoxy) is 2. The molecule has 1 aromatic heterocycles. The van der Waals surface area contributed by atoms with Crippen molar-refractivity contribution >= 4 is 40.2 Å². The van der Waals surface area contributed by atoms with Crippen LogP contribution in [0.1, 0.15) is 37.4 Å². The Bertz CT molecular complexity index is 1240. The third kappa shape index (κ3) is 6.52. The number of carbonyl (C=O) groups excluding carboxylic acids is 1. The summed E-state index contributed by atoms with van der Waals surface area (Å²) in [5, 5.41) is 21.8. The Hall–Kier alpha value is -2.56. The van der Waals surface area contributed by atoms with Crippen molar-refractivity contribution in [3.8, 4) is 11.5 Å². The average Bonchev–Trinajstić information content (AvgIpc) is 2.96. The third-order valence-corrected chi connectivity index (χ3v) is 8.72. The Morgan fingerprint density at radius 3 is 2.50 bits per heavy atom. The van der Waals surface area contributed by atoms with Crippen molar-refractivity contribution in [3.63, 3.8) is 0 Å². The van der Waals surface area contributed by atoms with Gasteiger partial charge < -0.3 is 19.5 Å². The number of likely N-dealkylation sites (tertiary alicyclic amines) is 1. The summed E-state index contributed by atoms with van der Waals surface area (Å²) in [7, 11) is 3.24. The lowest BCUT2D eigenvalue weighted by molar-refractivity contribution is -0.143. The average molecular weight is 560 g/mol. The van der Waals surface area contributed by atoms with Gasteiger partial charge in [-0.1, -0.05) is 11.6 Å². The maximum atomic E-state index is 12.8. The molecule has 3 aromatic rings. The molecule has 1 saturated heterocycles. The fraction of sp³-hybridized carbons (Fsp3) is 0.429. The summed E-state index contributed by atoms with van der Waals surface area (Å²) in [5.41, 5.74) is 2.39. The minimum Gasteiger partial charge on any atom is -0.497 e. The number of hydrogen-bond donors (Lipinski definition) is 3. The van der Waals surface area contributed by atoms with E-state index in [0.717, 1.165) is 31.1 Å². The van der Waals surface area contributed by atoms with Crippen molar-refractivity contribution in [2.24, 2.45) is 5.41 Å². The molecule has 2 aromatic carbocycles. The van der Waals surface area contributed by atoms with Crippen molar-refractivity contribution in [2.45, 2.75) is 36.7 Å². The first-order valence-corrected chi connectivity index (χ1v) is 14.0.